The van der Waals surface area contributed by atoms with Crippen LogP contribution in [-0.4, -0.2) is 24.5 Å². The highest BCUT2D eigenvalue weighted by Crippen LogP contribution is 2.34. The third-order valence-corrected chi connectivity index (χ3v) is 5.39. The number of nitrogens with one attached hydrogen (secondary N) is 1. The molecule has 0 fully saturated rings. The molecule has 0 unspecified atom stereocenters. The molecule has 1 aromatic heterocycles. The van der Waals surface area contributed by atoms with Gasteiger partial charge in [0.25, 0.3) is 0 Å². The normalized spacial score (nSPS) is 11.3. The van der Waals surface area contributed by atoms with Crippen LogP contribution in [0.5, 0.6) is 0 Å². The number of esters is 2. The van der Waals surface area contributed by atoms with E-state index in [9.17, 15) is 18.8 Å². The highest BCUT2D eigenvalue weighted by molar-refractivity contribution is 7.21. The number of rotatable bonds is 7. The molecule has 160 valence electrons. The van der Waals surface area contributed by atoms with Crippen molar-refractivity contribution in [1.29, 1.82) is 0 Å². The summed E-state index contributed by atoms with van der Waals surface area (Å²) in [6, 6.07) is 13.4. The van der Waals surface area contributed by atoms with E-state index >= 15 is 0 Å². The zero-order valence-electron chi connectivity index (χ0n) is 16.9. The Morgan fingerprint density at radius 2 is 1.81 bits per heavy atom. The molecule has 0 aliphatic heterocycles. The molecule has 1 amide bonds. The molecule has 1 heterocycles. The van der Waals surface area contributed by atoms with Crippen molar-refractivity contribution >= 4 is 45.3 Å². The quantitative estimate of drug-likeness (QED) is 0.433. The summed E-state index contributed by atoms with van der Waals surface area (Å²) in [4.78, 5) is 36.8. The van der Waals surface area contributed by atoms with E-state index in [2.05, 4.69) is 5.32 Å². The predicted molar refractivity (Wildman–Crippen MR) is 116 cm³/mol. The number of hydrogen-bond donors (Lipinski definition) is 1. The number of carbonyl (C=O) groups is 3. The van der Waals surface area contributed by atoms with E-state index in [0.29, 0.717) is 10.3 Å². The Hall–Kier alpha value is -3.52. The number of halogens is 1. The second kappa shape index (κ2) is 9.99. The zero-order chi connectivity index (χ0) is 22.4. The minimum Gasteiger partial charge on any atom is -0.462 e. The first-order valence-corrected chi connectivity index (χ1v) is 10.3. The number of thiophene rings is 1. The fraction of sp³-hybridized carbons (Fsp3) is 0.174. The number of hydrogen-bond acceptors (Lipinski definition) is 6. The van der Waals surface area contributed by atoms with Crippen molar-refractivity contribution in [2.45, 2.75) is 20.5 Å². The molecule has 8 heteroatoms. The molecule has 0 bridgehead atoms. The van der Waals surface area contributed by atoms with E-state index in [1.807, 2.05) is 6.07 Å². The van der Waals surface area contributed by atoms with E-state index in [1.165, 1.54) is 25.1 Å². The molecule has 31 heavy (non-hydrogen) atoms. The lowest BCUT2D eigenvalue weighted by Crippen LogP contribution is -2.26. The first-order chi connectivity index (χ1) is 14.9. The molecular formula is C23H20FNO5S. The van der Waals surface area contributed by atoms with Gasteiger partial charge in [-0.15, -0.1) is 11.3 Å². The van der Waals surface area contributed by atoms with Gasteiger partial charge in [0.15, 0.2) is 0 Å². The minimum atomic E-state index is -0.815. The Bertz CT molecular complexity index is 1150. The molecule has 0 spiro atoms. The summed E-state index contributed by atoms with van der Waals surface area (Å²) in [5.74, 6) is -2.41. The maximum Gasteiger partial charge on any atom is 0.355 e. The predicted octanol–water partition coefficient (Wildman–Crippen LogP) is 4.44. The summed E-state index contributed by atoms with van der Waals surface area (Å²) in [5, 5.41) is 2.65. The van der Waals surface area contributed by atoms with Gasteiger partial charge in [-0.05, 0) is 30.7 Å². The Morgan fingerprint density at radius 1 is 1.06 bits per heavy atom. The van der Waals surface area contributed by atoms with Crippen LogP contribution in [0.25, 0.3) is 16.2 Å². The van der Waals surface area contributed by atoms with Crippen LogP contribution in [0.1, 0.15) is 34.6 Å². The van der Waals surface area contributed by atoms with Crippen molar-refractivity contribution in [1.82, 2.24) is 5.32 Å². The van der Waals surface area contributed by atoms with Crippen LogP contribution >= 0.6 is 11.3 Å². The minimum absolute atomic E-state index is 0.0728. The van der Waals surface area contributed by atoms with Crippen LogP contribution in [-0.2, 0) is 25.7 Å². The average Bonchev–Trinajstić information content (AvgIpc) is 3.12. The summed E-state index contributed by atoms with van der Waals surface area (Å²) < 4.78 is 25.5. The van der Waals surface area contributed by atoms with E-state index in [0.717, 1.165) is 11.3 Å². The van der Waals surface area contributed by atoms with Gasteiger partial charge in [0.1, 0.15) is 23.0 Å². The second-order valence-corrected chi connectivity index (χ2v) is 7.52. The van der Waals surface area contributed by atoms with Crippen LogP contribution in [0.2, 0.25) is 0 Å². The summed E-state index contributed by atoms with van der Waals surface area (Å²) in [5.41, 5.74) is 0.839. The molecule has 0 saturated carbocycles. The summed E-state index contributed by atoms with van der Waals surface area (Å²) in [7, 11) is 0. The molecule has 6 nitrogen and oxygen atoms in total. The molecule has 0 atom stereocenters. The number of ether oxygens (including phenoxy) is 2. The molecule has 0 aliphatic rings. The van der Waals surface area contributed by atoms with Crippen molar-refractivity contribution in [2.75, 3.05) is 6.61 Å². The van der Waals surface area contributed by atoms with Gasteiger partial charge in [-0.3, -0.25) is 4.79 Å². The third kappa shape index (κ3) is 5.35. The van der Waals surface area contributed by atoms with E-state index in [-0.39, 0.29) is 34.7 Å². The highest BCUT2D eigenvalue weighted by Gasteiger charge is 2.23. The van der Waals surface area contributed by atoms with Gasteiger partial charge in [-0.1, -0.05) is 36.4 Å². The fourth-order valence-corrected chi connectivity index (χ4v) is 4.05. The van der Waals surface area contributed by atoms with Gasteiger partial charge in [-0.2, -0.15) is 0 Å². The summed E-state index contributed by atoms with van der Waals surface area (Å²) >= 11 is 1.07. The Morgan fingerprint density at radius 3 is 2.48 bits per heavy atom. The number of fused-ring (bicyclic) bond motifs is 1. The lowest BCUT2D eigenvalue weighted by Gasteiger charge is -2.10. The van der Waals surface area contributed by atoms with Crippen molar-refractivity contribution < 1.29 is 28.2 Å². The Kier molecular flexibility index (Phi) is 7.15. The molecule has 3 aromatic rings. The largest absolute Gasteiger partial charge is 0.462 e. The standard InChI is InChI=1S/C23H20FNO5S/c1-3-29-23(28)21-16(20-17(24)10-7-11-19(20)31-21)13-30-22(27)18(25-14(2)26)12-15-8-5-4-6-9-15/h4-12H,3,13H2,1-2H3,(H,25,26)/b18-12-. The van der Waals surface area contributed by atoms with E-state index in [1.54, 1.807) is 37.3 Å². The highest BCUT2D eigenvalue weighted by atomic mass is 32.1. The Labute approximate surface area is 182 Å². The molecule has 0 aliphatic carbocycles. The van der Waals surface area contributed by atoms with Crippen LogP contribution in [0, 0.1) is 5.82 Å². The monoisotopic (exact) mass is 441 g/mol. The molecule has 3 rings (SSSR count). The van der Waals surface area contributed by atoms with Gasteiger partial charge < -0.3 is 14.8 Å². The number of benzene rings is 2. The number of carbonyl (C=O) groups excluding carboxylic acids is 3. The van der Waals surface area contributed by atoms with Gasteiger partial charge in [0.2, 0.25) is 5.91 Å². The SMILES string of the molecule is CCOC(=O)c1sc2cccc(F)c2c1COC(=O)/C(=C/c1ccccc1)NC(C)=O. The van der Waals surface area contributed by atoms with E-state index < -0.39 is 23.7 Å². The van der Waals surface area contributed by atoms with Crippen LogP contribution in [0.15, 0.2) is 54.2 Å². The average molecular weight is 441 g/mol. The molecule has 2 aromatic carbocycles. The van der Waals surface area contributed by atoms with Crippen molar-refractivity contribution in [3.05, 3.63) is 76.0 Å². The van der Waals surface area contributed by atoms with Gasteiger partial charge >= 0.3 is 11.9 Å². The Balaban J connectivity index is 1.92. The molecule has 0 radical (unpaired) electrons. The van der Waals surface area contributed by atoms with Crippen molar-refractivity contribution in [3.8, 4) is 0 Å². The first-order valence-electron chi connectivity index (χ1n) is 9.49. The van der Waals surface area contributed by atoms with Crippen molar-refractivity contribution in [2.24, 2.45) is 0 Å². The van der Waals surface area contributed by atoms with Crippen LogP contribution in [0.3, 0.4) is 0 Å². The smallest absolute Gasteiger partial charge is 0.355 e. The number of amides is 1. The topological polar surface area (TPSA) is 81.7 Å². The molecule has 1 N–H and O–H groups in total. The lowest BCUT2D eigenvalue weighted by atomic mass is 10.1. The first kappa shape index (κ1) is 22.2. The van der Waals surface area contributed by atoms with Crippen molar-refractivity contribution in [3.63, 3.8) is 0 Å². The zero-order valence-corrected chi connectivity index (χ0v) is 17.8. The molecule has 0 saturated heterocycles. The summed E-state index contributed by atoms with van der Waals surface area (Å²) in [6.45, 7) is 2.73. The lowest BCUT2D eigenvalue weighted by molar-refractivity contribution is -0.141. The third-order valence-electron chi connectivity index (χ3n) is 4.21. The van der Waals surface area contributed by atoms with Gasteiger partial charge in [0.05, 0.1) is 6.61 Å². The van der Waals surface area contributed by atoms with Gasteiger partial charge in [-0.25, -0.2) is 14.0 Å². The fourth-order valence-electron chi connectivity index (χ4n) is 2.93. The maximum atomic E-state index is 14.5. The summed E-state index contributed by atoms with van der Waals surface area (Å²) in [6.07, 6.45) is 1.47. The molecular weight excluding hydrogens is 421 g/mol. The maximum absolute atomic E-state index is 14.5. The van der Waals surface area contributed by atoms with Crippen LogP contribution in [0.4, 0.5) is 4.39 Å². The van der Waals surface area contributed by atoms with Crippen LogP contribution < -0.4 is 5.32 Å². The second-order valence-electron chi connectivity index (χ2n) is 6.47. The van der Waals surface area contributed by atoms with Gasteiger partial charge in [0, 0.05) is 22.6 Å². The van der Waals surface area contributed by atoms with E-state index in [4.69, 9.17) is 9.47 Å².